The van der Waals surface area contributed by atoms with E-state index >= 15 is 0 Å². The number of carbonyl (C=O) groups excluding carboxylic acids is 2. The van der Waals surface area contributed by atoms with Gasteiger partial charge < -0.3 is 14.5 Å². The van der Waals surface area contributed by atoms with Gasteiger partial charge in [-0.15, -0.1) is 0 Å². The predicted molar refractivity (Wildman–Crippen MR) is 110 cm³/mol. The van der Waals surface area contributed by atoms with Crippen LogP contribution in [0.5, 0.6) is 0 Å². The normalized spacial score (nSPS) is 18.4. The Labute approximate surface area is 173 Å². The summed E-state index contributed by atoms with van der Waals surface area (Å²) in [6.07, 6.45) is 0.449. The number of methoxy groups -OCH3 is 2. The predicted octanol–water partition coefficient (Wildman–Crippen LogP) is 2.97. The van der Waals surface area contributed by atoms with Crippen molar-refractivity contribution < 1.29 is 19.1 Å². The van der Waals surface area contributed by atoms with Crippen molar-refractivity contribution in [3.63, 3.8) is 0 Å². The standard InChI is InChI=1S/C23H21N3O4/c1-29-22(27)15-9-7-14(8-10-15)21-20-17(16-5-3-4-6-18(16)25-20)13-19(23(28)30-2)26(21)12-11-24/h3-10,19,21,25H,12-13H2,1-2H3/t19-,21+/m1/s1. The molecule has 7 heteroatoms. The van der Waals surface area contributed by atoms with Crippen LogP contribution in [-0.2, 0) is 20.7 Å². The number of hydrogen-bond donors (Lipinski definition) is 1. The van der Waals surface area contributed by atoms with Crippen molar-refractivity contribution in [1.29, 1.82) is 5.26 Å². The SMILES string of the molecule is COC(=O)c1ccc([C@H]2c3[nH]c4ccccc4c3C[C@H](C(=O)OC)N2CC#N)cc1. The first-order valence-electron chi connectivity index (χ1n) is 9.57. The van der Waals surface area contributed by atoms with E-state index in [1.165, 1.54) is 14.2 Å². The molecular weight excluding hydrogens is 382 g/mol. The van der Waals surface area contributed by atoms with E-state index in [4.69, 9.17) is 9.47 Å². The number of ether oxygens (including phenoxy) is 2. The van der Waals surface area contributed by atoms with Crippen LogP contribution >= 0.6 is 0 Å². The fourth-order valence-electron chi connectivity index (χ4n) is 4.25. The minimum absolute atomic E-state index is 0.0536. The number of hydrogen-bond acceptors (Lipinski definition) is 6. The fraction of sp³-hybridized carbons (Fsp3) is 0.261. The van der Waals surface area contributed by atoms with Crippen LogP contribution < -0.4 is 0 Å². The van der Waals surface area contributed by atoms with Gasteiger partial charge in [-0.05, 0) is 29.3 Å². The highest BCUT2D eigenvalue weighted by Gasteiger charge is 2.41. The minimum Gasteiger partial charge on any atom is -0.468 e. The number of para-hydroxylation sites is 1. The van der Waals surface area contributed by atoms with Crippen molar-refractivity contribution in [2.24, 2.45) is 0 Å². The van der Waals surface area contributed by atoms with E-state index < -0.39 is 12.0 Å². The largest absolute Gasteiger partial charge is 0.468 e. The Morgan fingerprint density at radius 3 is 2.53 bits per heavy atom. The van der Waals surface area contributed by atoms with Crippen LogP contribution in [0.15, 0.2) is 48.5 Å². The van der Waals surface area contributed by atoms with E-state index in [1.807, 2.05) is 41.3 Å². The smallest absolute Gasteiger partial charge is 0.337 e. The molecule has 2 atom stereocenters. The zero-order chi connectivity index (χ0) is 21.3. The molecule has 0 unspecified atom stereocenters. The Morgan fingerprint density at radius 1 is 1.13 bits per heavy atom. The molecule has 3 aromatic rings. The second-order valence-electron chi connectivity index (χ2n) is 7.15. The molecule has 0 bridgehead atoms. The third kappa shape index (κ3) is 3.21. The van der Waals surface area contributed by atoms with Crippen LogP contribution in [0.25, 0.3) is 10.9 Å². The Bertz CT molecular complexity index is 1140. The van der Waals surface area contributed by atoms with Crippen LogP contribution in [0.1, 0.15) is 33.2 Å². The van der Waals surface area contributed by atoms with Crippen LogP contribution in [-0.4, -0.2) is 48.6 Å². The summed E-state index contributed by atoms with van der Waals surface area (Å²) in [6, 6.07) is 16.2. The molecule has 1 aromatic heterocycles. The fourth-order valence-corrected chi connectivity index (χ4v) is 4.25. The van der Waals surface area contributed by atoms with E-state index in [9.17, 15) is 14.9 Å². The highest BCUT2D eigenvalue weighted by molar-refractivity contribution is 5.89. The van der Waals surface area contributed by atoms with Crippen LogP contribution in [0.2, 0.25) is 0 Å². The molecule has 2 aromatic carbocycles. The third-order valence-electron chi connectivity index (χ3n) is 5.62. The number of rotatable bonds is 4. The summed E-state index contributed by atoms with van der Waals surface area (Å²) >= 11 is 0. The summed E-state index contributed by atoms with van der Waals surface area (Å²) in [7, 11) is 2.70. The summed E-state index contributed by atoms with van der Waals surface area (Å²) in [4.78, 5) is 29.8. The summed E-state index contributed by atoms with van der Waals surface area (Å²) in [6.45, 7) is 0.0536. The van der Waals surface area contributed by atoms with Crippen molar-refractivity contribution in [1.82, 2.24) is 9.88 Å². The van der Waals surface area contributed by atoms with Gasteiger partial charge in [-0.1, -0.05) is 30.3 Å². The minimum atomic E-state index is -0.591. The number of carbonyl (C=O) groups is 2. The number of H-pyrrole nitrogens is 1. The molecule has 152 valence electrons. The van der Waals surface area contributed by atoms with Gasteiger partial charge in [-0.3, -0.25) is 9.69 Å². The number of nitrogens with one attached hydrogen (secondary N) is 1. The lowest BCUT2D eigenvalue weighted by Crippen LogP contribution is -2.49. The molecule has 0 amide bonds. The van der Waals surface area contributed by atoms with Gasteiger partial charge >= 0.3 is 11.9 Å². The Balaban J connectivity index is 1.89. The lowest BCUT2D eigenvalue weighted by Gasteiger charge is -2.39. The Morgan fingerprint density at radius 2 is 1.87 bits per heavy atom. The van der Waals surface area contributed by atoms with Crippen molar-refractivity contribution >= 4 is 22.8 Å². The average molecular weight is 403 g/mol. The second kappa shape index (κ2) is 8.01. The van der Waals surface area contributed by atoms with E-state index in [2.05, 4.69) is 11.1 Å². The first-order chi connectivity index (χ1) is 14.6. The average Bonchev–Trinajstić information content (AvgIpc) is 3.16. The van der Waals surface area contributed by atoms with Gasteiger partial charge in [0.25, 0.3) is 0 Å². The molecule has 1 N–H and O–H groups in total. The molecule has 0 spiro atoms. The second-order valence-corrected chi connectivity index (χ2v) is 7.15. The maximum Gasteiger partial charge on any atom is 0.337 e. The first kappa shape index (κ1) is 19.7. The maximum atomic E-state index is 12.6. The van der Waals surface area contributed by atoms with Gasteiger partial charge in [0, 0.05) is 23.0 Å². The molecular formula is C23H21N3O4. The molecule has 0 aliphatic carbocycles. The molecule has 0 saturated heterocycles. The molecule has 4 rings (SSSR count). The molecule has 7 nitrogen and oxygen atoms in total. The lowest BCUT2D eigenvalue weighted by atomic mass is 9.87. The summed E-state index contributed by atoms with van der Waals surface area (Å²) in [5, 5.41) is 10.5. The van der Waals surface area contributed by atoms with E-state index in [0.29, 0.717) is 12.0 Å². The van der Waals surface area contributed by atoms with Gasteiger partial charge in [0.1, 0.15) is 6.04 Å². The van der Waals surface area contributed by atoms with Gasteiger partial charge in [-0.25, -0.2) is 4.79 Å². The zero-order valence-electron chi connectivity index (χ0n) is 16.7. The Kier molecular flexibility index (Phi) is 5.25. The summed E-state index contributed by atoms with van der Waals surface area (Å²) in [5.41, 5.74) is 4.25. The monoisotopic (exact) mass is 403 g/mol. The maximum absolute atomic E-state index is 12.6. The molecule has 0 saturated carbocycles. The van der Waals surface area contributed by atoms with Crippen molar-refractivity contribution in [2.75, 3.05) is 20.8 Å². The topological polar surface area (TPSA) is 95.4 Å². The van der Waals surface area contributed by atoms with Crippen molar-refractivity contribution in [2.45, 2.75) is 18.5 Å². The number of fused-ring (bicyclic) bond motifs is 3. The molecule has 1 aliphatic heterocycles. The number of aromatic nitrogens is 1. The van der Waals surface area contributed by atoms with Gasteiger partial charge in [0.15, 0.2) is 0 Å². The van der Waals surface area contributed by atoms with E-state index in [1.54, 1.807) is 12.1 Å². The van der Waals surface area contributed by atoms with Gasteiger partial charge in [0.2, 0.25) is 0 Å². The van der Waals surface area contributed by atoms with Crippen LogP contribution in [0.3, 0.4) is 0 Å². The van der Waals surface area contributed by atoms with E-state index in [0.717, 1.165) is 27.7 Å². The Hall–Kier alpha value is -3.63. The number of aromatic amines is 1. The summed E-state index contributed by atoms with van der Waals surface area (Å²) in [5.74, 6) is -0.796. The lowest BCUT2D eigenvalue weighted by molar-refractivity contribution is -0.147. The molecule has 30 heavy (non-hydrogen) atoms. The van der Waals surface area contributed by atoms with Crippen LogP contribution in [0, 0.1) is 11.3 Å². The zero-order valence-corrected chi connectivity index (χ0v) is 16.7. The van der Waals surface area contributed by atoms with Gasteiger partial charge in [-0.2, -0.15) is 5.26 Å². The van der Waals surface area contributed by atoms with E-state index in [-0.39, 0.29) is 18.6 Å². The van der Waals surface area contributed by atoms with Crippen molar-refractivity contribution in [3.05, 3.63) is 70.9 Å². The molecule has 0 radical (unpaired) electrons. The molecule has 2 heterocycles. The highest BCUT2D eigenvalue weighted by Crippen LogP contribution is 2.40. The number of nitriles is 1. The molecule has 0 fully saturated rings. The van der Waals surface area contributed by atoms with Gasteiger partial charge in [0.05, 0.1) is 38.4 Å². The number of benzene rings is 2. The molecule has 1 aliphatic rings. The van der Waals surface area contributed by atoms with Crippen molar-refractivity contribution in [3.8, 4) is 6.07 Å². The highest BCUT2D eigenvalue weighted by atomic mass is 16.5. The quantitative estimate of drug-likeness (QED) is 0.532. The van der Waals surface area contributed by atoms with Crippen LogP contribution in [0.4, 0.5) is 0 Å². The number of nitrogens with zero attached hydrogens (tertiary/aromatic N) is 2. The third-order valence-corrected chi connectivity index (χ3v) is 5.62. The first-order valence-corrected chi connectivity index (χ1v) is 9.57. The number of esters is 2. The summed E-state index contributed by atoms with van der Waals surface area (Å²) < 4.78 is 9.84.